The van der Waals surface area contributed by atoms with Crippen LogP contribution in [-0.4, -0.2) is 35.3 Å². The van der Waals surface area contributed by atoms with E-state index in [2.05, 4.69) is 10.4 Å². The minimum Gasteiger partial charge on any atom is -0.315 e. The lowest BCUT2D eigenvalue weighted by molar-refractivity contribution is 0.0979. The third-order valence-electron chi connectivity index (χ3n) is 4.88. The van der Waals surface area contributed by atoms with E-state index >= 15 is 0 Å². The lowest BCUT2D eigenvalue weighted by Gasteiger charge is -2.29. The minimum absolute atomic E-state index is 0.106. The average Bonchev–Trinajstić information content (AvgIpc) is 3.11. The molecule has 24 heavy (non-hydrogen) atoms. The Kier molecular flexibility index (Phi) is 4.06. The van der Waals surface area contributed by atoms with Crippen LogP contribution in [0, 0.1) is 5.82 Å². The van der Waals surface area contributed by atoms with E-state index in [1.54, 1.807) is 17.0 Å². The van der Waals surface area contributed by atoms with Gasteiger partial charge >= 0.3 is 0 Å². The summed E-state index contributed by atoms with van der Waals surface area (Å²) < 4.78 is 15.3. The number of hydrogen-bond acceptors (Lipinski definition) is 3. The number of anilines is 1. The normalized spacial score (nSPS) is 20.7. The molecule has 1 atom stereocenters. The number of carbonyl (C=O) groups is 1. The summed E-state index contributed by atoms with van der Waals surface area (Å²) in [6.07, 6.45) is 5.74. The maximum Gasteiger partial charge on any atom is 0.278 e. The fourth-order valence-electron chi connectivity index (χ4n) is 3.63. The highest BCUT2D eigenvalue weighted by Gasteiger charge is 2.26. The Morgan fingerprint density at radius 1 is 1.29 bits per heavy atom. The number of aromatic nitrogens is 2. The molecule has 0 saturated carbocycles. The van der Waals surface area contributed by atoms with Crippen molar-refractivity contribution in [2.24, 2.45) is 0 Å². The van der Waals surface area contributed by atoms with Crippen LogP contribution in [0.5, 0.6) is 0 Å². The molecule has 126 valence electrons. The predicted molar refractivity (Wildman–Crippen MR) is 89.8 cm³/mol. The summed E-state index contributed by atoms with van der Waals surface area (Å²) in [6.45, 7) is 2.58. The molecular weight excluding hydrogens is 307 g/mol. The summed E-state index contributed by atoms with van der Waals surface area (Å²) in [5.41, 5.74) is 2.16. The van der Waals surface area contributed by atoms with Crippen LogP contribution in [0.4, 0.5) is 10.1 Å². The summed E-state index contributed by atoms with van der Waals surface area (Å²) in [5.74, 6) is -0.359. The average molecular weight is 328 g/mol. The van der Waals surface area contributed by atoms with Crippen molar-refractivity contribution in [1.82, 2.24) is 15.1 Å². The Morgan fingerprint density at radius 2 is 2.21 bits per heavy atom. The zero-order chi connectivity index (χ0) is 16.5. The topological polar surface area (TPSA) is 50.2 Å². The molecule has 1 aromatic heterocycles. The smallest absolute Gasteiger partial charge is 0.278 e. The lowest BCUT2D eigenvalue weighted by Crippen LogP contribution is -2.36. The molecule has 1 amide bonds. The van der Waals surface area contributed by atoms with Crippen LogP contribution in [0.2, 0.25) is 0 Å². The molecule has 1 aromatic carbocycles. The fourth-order valence-corrected chi connectivity index (χ4v) is 3.63. The second kappa shape index (κ2) is 6.36. The van der Waals surface area contributed by atoms with Gasteiger partial charge in [-0.25, -0.2) is 4.39 Å². The molecule has 2 aliphatic rings. The van der Waals surface area contributed by atoms with Gasteiger partial charge in [0, 0.05) is 25.0 Å². The molecule has 1 fully saturated rings. The van der Waals surface area contributed by atoms with Gasteiger partial charge in [-0.15, -0.1) is 0 Å². The van der Waals surface area contributed by atoms with E-state index in [9.17, 15) is 9.18 Å². The first-order valence-corrected chi connectivity index (χ1v) is 8.58. The van der Waals surface area contributed by atoms with Gasteiger partial charge in [-0.3, -0.25) is 9.48 Å². The van der Waals surface area contributed by atoms with Gasteiger partial charge in [-0.2, -0.15) is 5.10 Å². The number of piperidine rings is 1. The van der Waals surface area contributed by atoms with Crippen molar-refractivity contribution in [2.75, 3.05) is 24.5 Å². The van der Waals surface area contributed by atoms with E-state index in [0.717, 1.165) is 50.0 Å². The van der Waals surface area contributed by atoms with Gasteiger partial charge in [0.25, 0.3) is 5.91 Å². The van der Waals surface area contributed by atoms with Gasteiger partial charge in [0.05, 0.1) is 6.04 Å². The number of nitrogens with one attached hydrogen (secondary N) is 1. The molecule has 1 unspecified atom stereocenters. The molecule has 0 aliphatic carbocycles. The zero-order valence-corrected chi connectivity index (χ0v) is 13.5. The summed E-state index contributed by atoms with van der Waals surface area (Å²) in [7, 11) is 0. The van der Waals surface area contributed by atoms with Crippen molar-refractivity contribution in [2.45, 2.75) is 31.7 Å². The first kappa shape index (κ1) is 15.3. The summed E-state index contributed by atoms with van der Waals surface area (Å²) in [6, 6.07) is 6.74. The monoisotopic (exact) mass is 328 g/mol. The van der Waals surface area contributed by atoms with Crippen molar-refractivity contribution in [3.05, 3.63) is 47.5 Å². The number of carbonyl (C=O) groups excluding carboxylic acids is 1. The van der Waals surface area contributed by atoms with E-state index in [-0.39, 0.29) is 11.7 Å². The summed E-state index contributed by atoms with van der Waals surface area (Å²) in [5, 5.41) is 7.87. The minimum atomic E-state index is -0.253. The first-order valence-electron chi connectivity index (χ1n) is 8.58. The number of rotatable bonds is 2. The molecule has 5 nitrogen and oxygen atoms in total. The second-order valence-corrected chi connectivity index (χ2v) is 6.51. The third-order valence-corrected chi connectivity index (χ3v) is 4.88. The Morgan fingerprint density at radius 3 is 3.04 bits per heavy atom. The maximum atomic E-state index is 13.4. The molecule has 2 aliphatic heterocycles. The molecule has 1 N–H and O–H groups in total. The van der Waals surface area contributed by atoms with Crippen molar-refractivity contribution >= 4 is 11.6 Å². The lowest BCUT2D eigenvalue weighted by atomic mass is 10.0. The predicted octanol–water partition coefficient (Wildman–Crippen LogP) is 2.54. The van der Waals surface area contributed by atoms with Crippen LogP contribution in [0.25, 0.3) is 0 Å². The number of benzene rings is 1. The van der Waals surface area contributed by atoms with E-state index in [0.29, 0.717) is 18.3 Å². The number of aryl methyl sites for hydroxylation is 1. The fraction of sp³-hybridized carbons (Fsp3) is 0.444. The standard InChI is InChI=1S/C18H21FN4O/c19-14-5-6-17-13(11-14)3-2-9-22(17)18(24)16-7-10-23(21-16)15-4-1-8-20-12-15/h5-7,10-11,15,20H,1-4,8-9,12H2. The molecular formula is C18H21FN4O. The number of halogens is 1. The van der Waals surface area contributed by atoms with Crippen LogP contribution >= 0.6 is 0 Å². The molecule has 0 radical (unpaired) electrons. The molecule has 3 heterocycles. The number of amides is 1. The molecule has 0 bridgehead atoms. The van der Waals surface area contributed by atoms with Crippen molar-refractivity contribution < 1.29 is 9.18 Å². The van der Waals surface area contributed by atoms with Crippen molar-refractivity contribution in [1.29, 1.82) is 0 Å². The van der Waals surface area contributed by atoms with Gasteiger partial charge in [0.2, 0.25) is 0 Å². The largest absolute Gasteiger partial charge is 0.315 e. The summed E-state index contributed by atoms with van der Waals surface area (Å²) >= 11 is 0. The number of nitrogens with zero attached hydrogens (tertiary/aromatic N) is 3. The highest BCUT2D eigenvalue weighted by molar-refractivity contribution is 6.05. The molecule has 4 rings (SSSR count). The van der Waals surface area contributed by atoms with E-state index < -0.39 is 0 Å². The SMILES string of the molecule is O=C(c1ccn(C2CCCNC2)n1)N1CCCc2cc(F)ccc21. The van der Waals surface area contributed by atoms with Crippen LogP contribution in [-0.2, 0) is 6.42 Å². The summed E-state index contributed by atoms with van der Waals surface area (Å²) in [4.78, 5) is 14.6. The van der Waals surface area contributed by atoms with Crippen LogP contribution in [0.15, 0.2) is 30.5 Å². The molecule has 0 spiro atoms. The second-order valence-electron chi connectivity index (χ2n) is 6.51. The van der Waals surface area contributed by atoms with E-state index in [1.807, 2.05) is 10.9 Å². The molecule has 6 heteroatoms. The number of hydrogen-bond donors (Lipinski definition) is 1. The third kappa shape index (κ3) is 2.82. The maximum absolute atomic E-state index is 13.4. The Balaban J connectivity index is 1.57. The van der Waals surface area contributed by atoms with Gasteiger partial charge in [-0.1, -0.05) is 0 Å². The van der Waals surface area contributed by atoms with Crippen LogP contribution in [0.3, 0.4) is 0 Å². The van der Waals surface area contributed by atoms with E-state index in [1.165, 1.54) is 12.1 Å². The van der Waals surface area contributed by atoms with Gasteiger partial charge in [-0.05, 0) is 62.1 Å². The highest BCUT2D eigenvalue weighted by atomic mass is 19.1. The Labute approximate surface area is 140 Å². The Bertz CT molecular complexity index is 751. The van der Waals surface area contributed by atoms with Crippen LogP contribution < -0.4 is 10.2 Å². The van der Waals surface area contributed by atoms with Crippen molar-refractivity contribution in [3.63, 3.8) is 0 Å². The highest BCUT2D eigenvalue weighted by Crippen LogP contribution is 2.29. The van der Waals surface area contributed by atoms with Crippen molar-refractivity contribution in [3.8, 4) is 0 Å². The van der Waals surface area contributed by atoms with E-state index in [4.69, 9.17) is 0 Å². The van der Waals surface area contributed by atoms with Crippen LogP contribution in [0.1, 0.15) is 41.4 Å². The quantitative estimate of drug-likeness (QED) is 0.922. The van der Waals surface area contributed by atoms with Gasteiger partial charge < -0.3 is 10.2 Å². The first-order chi connectivity index (χ1) is 11.7. The number of fused-ring (bicyclic) bond motifs is 1. The zero-order valence-electron chi connectivity index (χ0n) is 13.5. The van der Waals surface area contributed by atoms with Gasteiger partial charge in [0.1, 0.15) is 5.82 Å². The molecule has 1 saturated heterocycles. The Hall–Kier alpha value is -2.21. The molecule has 2 aromatic rings. The van der Waals surface area contributed by atoms with Gasteiger partial charge in [0.15, 0.2) is 5.69 Å².